The Morgan fingerprint density at radius 3 is 1.58 bits per heavy atom. The van der Waals surface area contributed by atoms with Crippen molar-refractivity contribution in [3.8, 4) is 0 Å². The van der Waals surface area contributed by atoms with Crippen molar-refractivity contribution in [2.24, 2.45) is 11.8 Å². The van der Waals surface area contributed by atoms with E-state index < -0.39 is 59.1 Å². The fourth-order valence-electron chi connectivity index (χ4n) is 5.59. The monoisotopic (exact) mass is 886 g/mol. The van der Waals surface area contributed by atoms with Gasteiger partial charge in [-0.2, -0.15) is 0 Å². The fraction of sp³-hybridized carbons (Fsp3) is 0.762. The summed E-state index contributed by atoms with van der Waals surface area (Å²) in [5.74, 6) is -6.30. The van der Waals surface area contributed by atoms with Gasteiger partial charge in [0, 0.05) is 64.8 Å². The van der Waals surface area contributed by atoms with Gasteiger partial charge >= 0.3 is 0 Å². The van der Waals surface area contributed by atoms with E-state index in [0.717, 1.165) is 0 Å². The molecule has 4 N–H and O–H groups in total. The van der Waals surface area contributed by atoms with Crippen LogP contribution in [0.4, 0.5) is 0 Å². The third-order valence-electron chi connectivity index (χ3n) is 9.13. The van der Waals surface area contributed by atoms with Gasteiger partial charge in [-0.05, 0) is 60.3 Å². The number of carbonyl (C=O) groups excluding carboxylic acids is 10. The number of methoxy groups -OCH3 is 1. The maximum absolute atomic E-state index is 13.3. The number of hydrogen-bond donors (Lipinski definition) is 4. The summed E-state index contributed by atoms with van der Waals surface area (Å²) in [6, 6.07) is -1.86. The minimum atomic E-state index is -1.11. The second kappa shape index (κ2) is 36.2. The summed E-state index contributed by atoms with van der Waals surface area (Å²) < 4.78 is 31.6. The smallest absolute Gasteiger partial charge is 0.230 e. The number of nitrogens with one attached hydrogen (secondary N) is 4. The molecule has 20 nitrogen and oxygen atoms in total. The third kappa shape index (κ3) is 30.6. The highest BCUT2D eigenvalue weighted by molar-refractivity contribution is 6.02. The molecule has 0 aliphatic rings. The molecule has 0 fully saturated rings. The third-order valence-corrected chi connectivity index (χ3v) is 9.13. The Balaban J connectivity index is 4.99. The van der Waals surface area contributed by atoms with Crippen LogP contribution in [0.25, 0.3) is 0 Å². The fourth-order valence-corrected chi connectivity index (χ4v) is 5.59. The predicted molar refractivity (Wildman–Crippen MR) is 223 cm³/mol. The van der Waals surface area contributed by atoms with E-state index in [-0.39, 0.29) is 140 Å². The first-order chi connectivity index (χ1) is 29.5. The molecule has 0 rings (SSSR count). The Hall–Kier alpha value is -4.34. The molecule has 0 aliphatic heterocycles. The average molecular weight is 887 g/mol. The van der Waals surface area contributed by atoms with E-state index in [4.69, 9.17) is 28.4 Å². The number of rotatable bonds is 41. The highest BCUT2D eigenvalue weighted by Crippen LogP contribution is 2.15. The van der Waals surface area contributed by atoms with Crippen molar-refractivity contribution in [1.82, 2.24) is 21.3 Å². The largest absolute Gasteiger partial charge is 0.382 e. The van der Waals surface area contributed by atoms with Gasteiger partial charge in [0.1, 0.15) is 24.8 Å². The second-order valence-corrected chi connectivity index (χ2v) is 14.6. The number of ether oxygens (including phenoxy) is 6. The average Bonchev–Trinajstić information content (AvgIpc) is 3.21. The van der Waals surface area contributed by atoms with Crippen LogP contribution in [0, 0.1) is 11.8 Å². The van der Waals surface area contributed by atoms with Crippen LogP contribution in [0.2, 0.25) is 0 Å². The highest BCUT2D eigenvalue weighted by Gasteiger charge is 2.29. The predicted octanol–water partition coefficient (Wildman–Crippen LogP) is 0.175. The topological polar surface area (TPSA) is 274 Å². The lowest BCUT2D eigenvalue weighted by molar-refractivity contribution is -0.138. The van der Waals surface area contributed by atoms with Crippen LogP contribution in [-0.2, 0) is 76.4 Å². The molecule has 0 aliphatic carbocycles. The summed E-state index contributed by atoms with van der Waals surface area (Å²) in [5, 5.41) is 10.5. The summed E-state index contributed by atoms with van der Waals surface area (Å²) in [5.41, 5.74) is 0. The molecule has 0 saturated heterocycles. The Morgan fingerprint density at radius 1 is 0.500 bits per heavy atom. The van der Waals surface area contributed by atoms with Gasteiger partial charge < -0.3 is 59.3 Å². The Morgan fingerprint density at radius 2 is 1.02 bits per heavy atom. The first-order valence-corrected chi connectivity index (χ1v) is 21.1. The van der Waals surface area contributed by atoms with E-state index in [1.54, 1.807) is 0 Å². The first-order valence-electron chi connectivity index (χ1n) is 21.1. The van der Waals surface area contributed by atoms with Crippen LogP contribution in [0.5, 0.6) is 0 Å². The van der Waals surface area contributed by atoms with Gasteiger partial charge in [-0.15, -0.1) is 0 Å². The van der Waals surface area contributed by atoms with E-state index in [1.165, 1.54) is 34.8 Å². The summed E-state index contributed by atoms with van der Waals surface area (Å²) in [4.78, 5) is 124. The standard InChI is InChI=1S/C42H70N4O16/c1-7-58-22-24-62-28-38(52)35(42(56)44-17-19-59-21-20-57-6)11-15-39(53)43-16-18-60-23-25-61-27-34(51)26-33(41(55)46-37(32(5)50)13-9-30(3)48)10-14-40(54)45-36(31(4)49)12-8-29(2)47/h33,35-37H,7-28H2,1-6H3,(H,43,53)(H,44,56)(H,45,54)(H,46,55). The molecule has 4 atom stereocenters. The van der Waals surface area contributed by atoms with Crippen molar-refractivity contribution in [3.05, 3.63) is 0 Å². The zero-order valence-electron chi connectivity index (χ0n) is 37.4. The van der Waals surface area contributed by atoms with Gasteiger partial charge in [0.15, 0.2) is 23.1 Å². The maximum Gasteiger partial charge on any atom is 0.230 e. The van der Waals surface area contributed by atoms with Gasteiger partial charge in [-0.25, -0.2) is 0 Å². The molecule has 62 heavy (non-hydrogen) atoms. The van der Waals surface area contributed by atoms with Crippen molar-refractivity contribution < 1.29 is 76.4 Å². The van der Waals surface area contributed by atoms with E-state index >= 15 is 0 Å². The molecule has 20 heteroatoms. The lowest BCUT2D eigenvalue weighted by Crippen LogP contribution is -2.44. The van der Waals surface area contributed by atoms with Crippen LogP contribution in [0.15, 0.2) is 0 Å². The maximum atomic E-state index is 13.3. The van der Waals surface area contributed by atoms with Crippen molar-refractivity contribution in [3.63, 3.8) is 0 Å². The van der Waals surface area contributed by atoms with Gasteiger partial charge in [0.05, 0.1) is 70.9 Å². The highest BCUT2D eigenvalue weighted by atomic mass is 16.5. The van der Waals surface area contributed by atoms with Gasteiger partial charge in [-0.3, -0.25) is 38.4 Å². The number of carbonyl (C=O) groups is 10. The van der Waals surface area contributed by atoms with Crippen molar-refractivity contribution in [1.29, 1.82) is 0 Å². The first kappa shape index (κ1) is 57.7. The SMILES string of the molecule is CCOCCOCC(=O)C(CCC(=O)NCCOCCOCC(=O)CC(CCC(=O)NC(CCC(C)=O)C(C)=O)C(=O)NC(CCC(C)=O)C(C)=O)C(=O)NCCOCCOC. The van der Waals surface area contributed by atoms with Gasteiger partial charge in [0.2, 0.25) is 23.6 Å². The molecule has 0 radical (unpaired) electrons. The molecular weight excluding hydrogens is 816 g/mol. The zero-order chi connectivity index (χ0) is 46.7. The van der Waals surface area contributed by atoms with E-state index in [9.17, 15) is 47.9 Å². The molecule has 0 aromatic carbocycles. The molecule has 354 valence electrons. The Labute approximate surface area is 364 Å². The minimum Gasteiger partial charge on any atom is -0.382 e. The van der Waals surface area contributed by atoms with Crippen LogP contribution in [0.3, 0.4) is 0 Å². The second-order valence-electron chi connectivity index (χ2n) is 14.6. The lowest BCUT2D eigenvalue weighted by atomic mass is 9.94. The van der Waals surface area contributed by atoms with E-state index in [0.29, 0.717) is 26.4 Å². The molecular formula is C42H70N4O16. The molecule has 0 aromatic heterocycles. The van der Waals surface area contributed by atoms with Gasteiger partial charge in [-0.1, -0.05) is 0 Å². The van der Waals surface area contributed by atoms with Crippen molar-refractivity contribution in [2.45, 2.75) is 104 Å². The molecule has 0 saturated carbocycles. The lowest BCUT2D eigenvalue weighted by Gasteiger charge is -2.21. The van der Waals surface area contributed by atoms with Crippen LogP contribution in [0.1, 0.15) is 92.4 Å². The molecule has 0 aromatic rings. The number of hydrogen-bond acceptors (Lipinski definition) is 16. The summed E-state index contributed by atoms with van der Waals surface area (Å²) in [7, 11) is 1.54. The summed E-state index contributed by atoms with van der Waals surface area (Å²) in [6.45, 7) is 8.75. The summed E-state index contributed by atoms with van der Waals surface area (Å²) >= 11 is 0. The quantitative estimate of drug-likeness (QED) is 0.0471. The molecule has 0 heterocycles. The van der Waals surface area contributed by atoms with E-state index in [2.05, 4.69) is 21.3 Å². The summed E-state index contributed by atoms with van der Waals surface area (Å²) in [6.07, 6.45) is -0.501. The number of ketones is 6. The van der Waals surface area contributed by atoms with Gasteiger partial charge in [0.25, 0.3) is 0 Å². The zero-order valence-corrected chi connectivity index (χ0v) is 37.4. The molecule has 0 bridgehead atoms. The molecule has 4 unspecified atom stereocenters. The molecule has 4 amide bonds. The van der Waals surface area contributed by atoms with Crippen molar-refractivity contribution >= 4 is 58.3 Å². The van der Waals surface area contributed by atoms with Crippen LogP contribution >= 0.6 is 0 Å². The van der Waals surface area contributed by atoms with Crippen LogP contribution in [-0.4, -0.2) is 163 Å². The Bertz CT molecular complexity index is 1420. The number of amides is 4. The molecule has 0 spiro atoms. The van der Waals surface area contributed by atoms with Crippen molar-refractivity contribution in [2.75, 3.05) is 92.9 Å². The minimum absolute atomic E-state index is 0.00786. The normalized spacial score (nSPS) is 12.9. The van der Waals surface area contributed by atoms with Crippen LogP contribution < -0.4 is 21.3 Å². The number of Topliss-reactive ketones (excluding diaryl/α,β-unsaturated/α-hetero) is 6. The Kier molecular flexibility index (Phi) is 33.6. The van der Waals surface area contributed by atoms with E-state index in [1.807, 2.05) is 6.92 Å².